The summed E-state index contributed by atoms with van der Waals surface area (Å²) < 4.78 is 0. The summed E-state index contributed by atoms with van der Waals surface area (Å²) in [5.74, 6) is 0. The van der Waals surface area contributed by atoms with Crippen LogP contribution in [-0.2, 0) is 0 Å². The maximum atomic E-state index is 10.8. The molecule has 3 nitrogen and oxygen atoms in total. The molecule has 0 unspecified atom stereocenters. The molecule has 3 aromatic rings. The molecule has 24 heavy (non-hydrogen) atoms. The summed E-state index contributed by atoms with van der Waals surface area (Å²) in [5.41, 5.74) is 4.52. The Hall–Kier alpha value is -3.38. The Kier molecular flexibility index (Phi) is 6.31. The van der Waals surface area contributed by atoms with E-state index in [2.05, 4.69) is 11.4 Å². The molecule has 0 aliphatic carbocycles. The van der Waals surface area contributed by atoms with Gasteiger partial charge in [-0.15, -0.1) is 0 Å². The number of nitriles is 1. The molecular weight excluding hydrogens is 296 g/mol. The Bertz CT molecular complexity index is 818. The van der Waals surface area contributed by atoms with Gasteiger partial charge in [0.15, 0.2) is 6.29 Å². The number of hydrogen-bond donors (Lipinski definition) is 1. The van der Waals surface area contributed by atoms with Gasteiger partial charge in [-0.3, -0.25) is 4.79 Å². The lowest BCUT2D eigenvalue weighted by Gasteiger charge is -2.03. The first-order valence-corrected chi connectivity index (χ1v) is 7.56. The summed E-state index contributed by atoms with van der Waals surface area (Å²) >= 11 is 0. The smallest absolute Gasteiger partial charge is 0.150 e. The van der Waals surface area contributed by atoms with E-state index in [1.54, 1.807) is 12.1 Å². The fourth-order valence-corrected chi connectivity index (χ4v) is 2.19. The van der Waals surface area contributed by atoms with Crippen LogP contribution in [0.3, 0.4) is 0 Å². The molecule has 118 valence electrons. The zero-order valence-electron chi connectivity index (χ0n) is 13.4. The number of anilines is 1. The number of nitrogens with zero attached hydrogens (tertiary/aromatic N) is 1. The number of carbonyl (C=O) groups excluding carboxylic acids is 1. The third-order valence-corrected chi connectivity index (χ3v) is 3.48. The maximum absolute atomic E-state index is 10.8. The topological polar surface area (TPSA) is 52.9 Å². The van der Waals surface area contributed by atoms with E-state index in [-0.39, 0.29) is 0 Å². The van der Waals surface area contributed by atoms with Crippen molar-refractivity contribution in [1.29, 1.82) is 5.26 Å². The van der Waals surface area contributed by atoms with E-state index < -0.39 is 0 Å². The summed E-state index contributed by atoms with van der Waals surface area (Å²) in [4.78, 5) is 10.8. The Morgan fingerprint density at radius 3 is 2.08 bits per heavy atom. The molecule has 0 aromatic heterocycles. The molecule has 0 saturated heterocycles. The fraction of sp³-hybridized carbons (Fsp3) is 0.0476. The van der Waals surface area contributed by atoms with Gasteiger partial charge in [-0.1, -0.05) is 54.6 Å². The highest BCUT2D eigenvalue weighted by atomic mass is 16.1. The van der Waals surface area contributed by atoms with Crippen molar-refractivity contribution in [2.75, 3.05) is 12.4 Å². The molecule has 3 heteroatoms. The van der Waals surface area contributed by atoms with Crippen LogP contribution in [0.15, 0.2) is 78.9 Å². The van der Waals surface area contributed by atoms with Gasteiger partial charge in [0.1, 0.15) is 0 Å². The minimum atomic E-state index is 0.694. The third-order valence-electron chi connectivity index (χ3n) is 3.48. The number of rotatable bonds is 3. The predicted molar refractivity (Wildman–Crippen MR) is 98.0 cm³/mol. The standard InChI is InChI=1S/C13H10O.C8H8N2/c14-10-12-8-4-5-9-13(12)11-6-2-1-3-7-11;1-10-8-4-2-7(6-9)3-5-8/h1-10H;2-5,10H,1H3. The van der Waals surface area contributed by atoms with Gasteiger partial charge in [0.25, 0.3) is 0 Å². The Morgan fingerprint density at radius 1 is 0.875 bits per heavy atom. The zero-order valence-corrected chi connectivity index (χ0v) is 13.4. The van der Waals surface area contributed by atoms with E-state index in [1.165, 1.54) is 0 Å². The molecule has 3 aromatic carbocycles. The van der Waals surface area contributed by atoms with Crippen LogP contribution >= 0.6 is 0 Å². The largest absolute Gasteiger partial charge is 0.388 e. The van der Waals surface area contributed by atoms with Crippen LogP contribution in [0.2, 0.25) is 0 Å². The molecule has 0 heterocycles. The first-order valence-electron chi connectivity index (χ1n) is 7.56. The SMILES string of the molecule is CNc1ccc(C#N)cc1.O=Cc1ccccc1-c1ccccc1. The van der Waals surface area contributed by atoms with Crippen molar-refractivity contribution in [2.24, 2.45) is 0 Å². The molecule has 0 amide bonds. The number of hydrogen-bond acceptors (Lipinski definition) is 3. The molecule has 0 saturated carbocycles. The van der Waals surface area contributed by atoms with Gasteiger partial charge in [-0.05, 0) is 35.4 Å². The van der Waals surface area contributed by atoms with Crippen LogP contribution in [0.4, 0.5) is 5.69 Å². The average molecular weight is 314 g/mol. The lowest BCUT2D eigenvalue weighted by molar-refractivity contribution is 0.112. The van der Waals surface area contributed by atoms with Crippen LogP contribution in [0.1, 0.15) is 15.9 Å². The lowest BCUT2D eigenvalue weighted by atomic mass is 10.0. The Balaban J connectivity index is 0.000000185. The normalized spacial score (nSPS) is 9.17. The van der Waals surface area contributed by atoms with E-state index >= 15 is 0 Å². The molecule has 0 aliphatic rings. The van der Waals surface area contributed by atoms with Gasteiger partial charge in [-0.2, -0.15) is 5.26 Å². The van der Waals surface area contributed by atoms with Crippen LogP contribution < -0.4 is 5.32 Å². The zero-order chi connectivity index (χ0) is 17.2. The second-order valence-corrected chi connectivity index (χ2v) is 5.01. The van der Waals surface area contributed by atoms with Crippen molar-refractivity contribution in [1.82, 2.24) is 0 Å². The van der Waals surface area contributed by atoms with E-state index in [1.807, 2.05) is 73.8 Å². The molecule has 0 atom stereocenters. The van der Waals surface area contributed by atoms with Crippen LogP contribution in [-0.4, -0.2) is 13.3 Å². The van der Waals surface area contributed by atoms with Gasteiger partial charge in [0, 0.05) is 18.3 Å². The van der Waals surface area contributed by atoms with Gasteiger partial charge >= 0.3 is 0 Å². The quantitative estimate of drug-likeness (QED) is 0.709. The monoisotopic (exact) mass is 314 g/mol. The fourth-order valence-electron chi connectivity index (χ4n) is 2.19. The number of carbonyl (C=O) groups is 1. The van der Waals surface area contributed by atoms with Crippen molar-refractivity contribution < 1.29 is 4.79 Å². The maximum Gasteiger partial charge on any atom is 0.150 e. The number of benzene rings is 3. The average Bonchev–Trinajstić information content (AvgIpc) is 2.69. The summed E-state index contributed by atoms with van der Waals surface area (Å²) in [5, 5.41) is 11.4. The number of nitrogens with one attached hydrogen (secondary N) is 1. The molecule has 1 N–H and O–H groups in total. The summed E-state index contributed by atoms with van der Waals surface area (Å²) in [7, 11) is 1.85. The Labute approximate surface area is 142 Å². The molecule has 0 bridgehead atoms. The van der Waals surface area contributed by atoms with Crippen molar-refractivity contribution in [3.8, 4) is 17.2 Å². The highest BCUT2D eigenvalue weighted by Gasteiger charge is 2.01. The highest BCUT2D eigenvalue weighted by molar-refractivity contribution is 5.87. The van der Waals surface area contributed by atoms with Crippen molar-refractivity contribution in [3.05, 3.63) is 90.0 Å². The van der Waals surface area contributed by atoms with Gasteiger partial charge in [0.2, 0.25) is 0 Å². The van der Waals surface area contributed by atoms with Crippen molar-refractivity contribution >= 4 is 12.0 Å². The Morgan fingerprint density at radius 2 is 1.50 bits per heavy atom. The van der Waals surface area contributed by atoms with E-state index in [0.717, 1.165) is 28.7 Å². The third kappa shape index (κ3) is 4.56. The minimum absolute atomic E-state index is 0.694. The van der Waals surface area contributed by atoms with Gasteiger partial charge < -0.3 is 5.32 Å². The molecule has 0 spiro atoms. The molecule has 0 radical (unpaired) electrons. The van der Waals surface area contributed by atoms with Crippen molar-refractivity contribution in [2.45, 2.75) is 0 Å². The van der Waals surface area contributed by atoms with E-state index in [9.17, 15) is 4.79 Å². The molecular formula is C21H18N2O. The summed E-state index contributed by atoms with van der Waals surface area (Å²) in [6.45, 7) is 0. The van der Waals surface area contributed by atoms with E-state index in [0.29, 0.717) is 5.56 Å². The second kappa shape index (κ2) is 8.92. The van der Waals surface area contributed by atoms with Crippen LogP contribution in [0.25, 0.3) is 11.1 Å². The van der Waals surface area contributed by atoms with Crippen molar-refractivity contribution in [3.63, 3.8) is 0 Å². The first-order chi connectivity index (χ1) is 11.8. The second-order valence-electron chi connectivity index (χ2n) is 5.01. The molecule has 3 rings (SSSR count). The highest BCUT2D eigenvalue weighted by Crippen LogP contribution is 2.21. The number of aldehydes is 1. The lowest BCUT2D eigenvalue weighted by Crippen LogP contribution is -1.86. The van der Waals surface area contributed by atoms with Gasteiger partial charge in [-0.25, -0.2) is 0 Å². The van der Waals surface area contributed by atoms with Crippen LogP contribution in [0.5, 0.6) is 0 Å². The van der Waals surface area contributed by atoms with Gasteiger partial charge in [0.05, 0.1) is 11.6 Å². The minimum Gasteiger partial charge on any atom is -0.388 e. The molecule has 0 fully saturated rings. The van der Waals surface area contributed by atoms with Crippen LogP contribution in [0, 0.1) is 11.3 Å². The van der Waals surface area contributed by atoms with E-state index in [4.69, 9.17) is 5.26 Å². The summed E-state index contributed by atoms with van der Waals surface area (Å²) in [6.07, 6.45) is 0.891. The summed E-state index contributed by atoms with van der Waals surface area (Å²) in [6, 6.07) is 26.9. The molecule has 0 aliphatic heterocycles. The predicted octanol–water partition coefficient (Wildman–Crippen LogP) is 4.77. The first kappa shape index (κ1) is 17.0.